The highest BCUT2D eigenvalue weighted by Gasteiger charge is 2.27. The Labute approximate surface area is 192 Å². The molecule has 1 unspecified atom stereocenters. The first-order chi connectivity index (χ1) is 14.0. The van der Waals surface area contributed by atoms with Crippen molar-refractivity contribution in [2.24, 2.45) is 4.99 Å². The Balaban J connectivity index is 0.00000320. The minimum atomic E-state index is -0.540. The third-order valence-corrected chi connectivity index (χ3v) is 4.91. The molecule has 1 fully saturated rings. The first kappa shape index (κ1) is 24.0. The van der Waals surface area contributed by atoms with Crippen LogP contribution in [0.2, 0.25) is 0 Å². The summed E-state index contributed by atoms with van der Waals surface area (Å²) in [6.07, 6.45) is 0.755. The predicted molar refractivity (Wildman–Crippen MR) is 125 cm³/mol. The molecule has 0 aromatic heterocycles. The van der Waals surface area contributed by atoms with Crippen molar-refractivity contribution in [1.29, 1.82) is 0 Å². The Hall–Kier alpha value is -2.30. The van der Waals surface area contributed by atoms with E-state index in [1.54, 1.807) is 26.2 Å². The summed E-state index contributed by atoms with van der Waals surface area (Å²) in [5.74, 6) is 0.877. The molecule has 164 valence electrons. The summed E-state index contributed by atoms with van der Waals surface area (Å²) < 4.78 is 38.6. The van der Waals surface area contributed by atoms with Gasteiger partial charge in [0.05, 0.1) is 14.2 Å². The second-order valence-electron chi connectivity index (χ2n) is 6.76. The normalized spacial score (nSPS) is 16.1. The minimum Gasteiger partial charge on any atom is -0.493 e. The standard InChI is InChI=1S/C21H26F2N4O2.HI/c1-24-21(25-12-14-7-8-18(28-2)19(11-14)29-3)26-15-9-10-27(13-15)20-16(22)5-4-6-17(20)23;/h4-8,11,15H,9-10,12-13H2,1-3H3,(H2,24,25,26);1H. The van der Waals surface area contributed by atoms with Gasteiger partial charge in [-0.3, -0.25) is 4.99 Å². The van der Waals surface area contributed by atoms with Gasteiger partial charge in [-0.15, -0.1) is 24.0 Å². The van der Waals surface area contributed by atoms with Crippen molar-refractivity contribution in [2.45, 2.75) is 19.0 Å². The molecule has 0 aliphatic carbocycles. The van der Waals surface area contributed by atoms with E-state index in [9.17, 15) is 8.78 Å². The van der Waals surface area contributed by atoms with Crippen LogP contribution < -0.4 is 25.0 Å². The van der Waals surface area contributed by atoms with Gasteiger partial charge in [-0.25, -0.2) is 8.78 Å². The van der Waals surface area contributed by atoms with E-state index in [1.807, 2.05) is 18.2 Å². The molecule has 1 aliphatic rings. The second kappa shape index (κ2) is 11.2. The van der Waals surface area contributed by atoms with Crippen LogP contribution in [0.15, 0.2) is 41.4 Å². The van der Waals surface area contributed by atoms with E-state index in [0.29, 0.717) is 37.1 Å². The molecule has 2 aromatic rings. The number of anilines is 1. The number of benzene rings is 2. The van der Waals surface area contributed by atoms with Crippen molar-refractivity contribution < 1.29 is 18.3 Å². The smallest absolute Gasteiger partial charge is 0.191 e. The lowest BCUT2D eigenvalue weighted by molar-refractivity contribution is 0.354. The summed E-state index contributed by atoms with van der Waals surface area (Å²) in [5.41, 5.74) is 1.04. The topological polar surface area (TPSA) is 58.1 Å². The molecule has 0 saturated carbocycles. The summed E-state index contributed by atoms with van der Waals surface area (Å²) in [6, 6.07) is 9.66. The van der Waals surface area contributed by atoms with Gasteiger partial charge in [0.15, 0.2) is 17.5 Å². The van der Waals surface area contributed by atoms with Crippen LogP contribution in [-0.2, 0) is 6.54 Å². The summed E-state index contributed by atoms with van der Waals surface area (Å²) in [4.78, 5) is 5.97. The molecule has 2 aromatic carbocycles. The molecule has 9 heteroatoms. The van der Waals surface area contributed by atoms with Crippen molar-refractivity contribution in [3.63, 3.8) is 0 Å². The van der Waals surface area contributed by atoms with Crippen LogP contribution in [0.3, 0.4) is 0 Å². The number of guanidine groups is 1. The van der Waals surface area contributed by atoms with Crippen LogP contribution in [0.5, 0.6) is 11.5 Å². The van der Waals surface area contributed by atoms with Gasteiger partial charge < -0.3 is 25.0 Å². The fourth-order valence-corrected chi connectivity index (χ4v) is 3.44. The van der Waals surface area contributed by atoms with Crippen molar-refractivity contribution in [1.82, 2.24) is 10.6 Å². The lowest BCUT2D eigenvalue weighted by Gasteiger charge is -2.21. The fourth-order valence-electron chi connectivity index (χ4n) is 3.44. The summed E-state index contributed by atoms with van der Waals surface area (Å²) in [7, 11) is 4.88. The molecule has 1 aliphatic heterocycles. The quantitative estimate of drug-likeness (QED) is 0.339. The molecule has 6 nitrogen and oxygen atoms in total. The molecule has 1 heterocycles. The Morgan fingerprint density at radius 1 is 1.13 bits per heavy atom. The molecule has 2 N–H and O–H groups in total. The maximum absolute atomic E-state index is 14.0. The van der Waals surface area contributed by atoms with Gasteiger partial charge in [-0.05, 0) is 36.2 Å². The van der Waals surface area contributed by atoms with Crippen LogP contribution in [0.25, 0.3) is 0 Å². The van der Waals surface area contributed by atoms with Gasteiger partial charge in [-0.2, -0.15) is 0 Å². The number of nitrogens with one attached hydrogen (secondary N) is 2. The number of halogens is 3. The molecule has 0 spiro atoms. The molecule has 0 amide bonds. The van der Waals surface area contributed by atoms with E-state index in [0.717, 1.165) is 12.0 Å². The highest BCUT2D eigenvalue weighted by Crippen LogP contribution is 2.28. The zero-order valence-electron chi connectivity index (χ0n) is 17.2. The Morgan fingerprint density at radius 3 is 2.47 bits per heavy atom. The zero-order valence-corrected chi connectivity index (χ0v) is 19.6. The molecular weight excluding hydrogens is 505 g/mol. The summed E-state index contributed by atoms with van der Waals surface area (Å²) in [6.45, 7) is 1.61. The maximum Gasteiger partial charge on any atom is 0.191 e. The lowest BCUT2D eigenvalue weighted by Crippen LogP contribution is -2.44. The number of nitrogens with zero attached hydrogens (tertiary/aromatic N) is 2. The van der Waals surface area contributed by atoms with Gasteiger partial charge in [-0.1, -0.05) is 12.1 Å². The molecule has 3 rings (SSSR count). The molecule has 0 bridgehead atoms. The largest absolute Gasteiger partial charge is 0.493 e. The number of rotatable bonds is 6. The highest BCUT2D eigenvalue weighted by atomic mass is 127. The predicted octanol–water partition coefficient (Wildman–Crippen LogP) is 3.54. The van der Waals surface area contributed by atoms with Gasteiger partial charge >= 0.3 is 0 Å². The summed E-state index contributed by atoms with van der Waals surface area (Å²) in [5, 5.41) is 6.58. The van der Waals surface area contributed by atoms with E-state index >= 15 is 0 Å². The van der Waals surface area contributed by atoms with Crippen LogP contribution in [-0.4, -0.2) is 46.4 Å². The summed E-state index contributed by atoms with van der Waals surface area (Å²) >= 11 is 0. The van der Waals surface area contributed by atoms with Gasteiger partial charge in [0.25, 0.3) is 0 Å². The van der Waals surface area contributed by atoms with Crippen LogP contribution in [0, 0.1) is 11.6 Å². The SMILES string of the molecule is CN=C(NCc1ccc(OC)c(OC)c1)NC1CCN(c2c(F)cccc2F)C1.I. The van der Waals surface area contributed by atoms with Crippen LogP contribution >= 0.6 is 24.0 Å². The van der Waals surface area contributed by atoms with Crippen molar-refractivity contribution in [3.05, 3.63) is 53.6 Å². The minimum absolute atomic E-state index is 0. The number of methoxy groups -OCH3 is 2. The molecule has 30 heavy (non-hydrogen) atoms. The van der Waals surface area contributed by atoms with Crippen molar-refractivity contribution in [3.8, 4) is 11.5 Å². The molecular formula is C21H27F2IN4O2. The third kappa shape index (κ3) is 5.65. The first-order valence-electron chi connectivity index (χ1n) is 9.42. The average Bonchev–Trinajstić information content (AvgIpc) is 3.18. The van der Waals surface area contributed by atoms with E-state index in [4.69, 9.17) is 9.47 Å². The number of aliphatic imine (C=N–C) groups is 1. The number of para-hydroxylation sites is 1. The number of ether oxygens (including phenoxy) is 2. The van der Waals surface area contributed by atoms with Crippen molar-refractivity contribution >= 4 is 35.6 Å². The number of hydrogen-bond donors (Lipinski definition) is 2. The van der Waals surface area contributed by atoms with Gasteiger partial charge in [0, 0.05) is 32.7 Å². The first-order valence-corrected chi connectivity index (χ1v) is 9.42. The van der Waals surface area contributed by atoms with E-state index in [1.165, 1.54) is 18.2 Å². The maximum atomic E-state index is 14.0. The van der Waals surface area contributed by atoms with E-state index < -0.39 is 11.6 Å². The average molecular weight is 532 g/mol. The lowest BCUT2D eigenvalue weighted by atomic mass is 10.2. The van der Waals surface area contributed by atoms with Crippen molar-refractivity contribution in [2.75, 3.05) is 39.3 Å². The Bertz CT molecular complexity index is 862. The van der Waals surface area contributed by atoms with E-state index in [2.05, 4.69) is 15.6 Å². The molecule has 1 saturated heterocycles. The molecule has 1 atom stereocenters. The third-order valence-electron chi connectivity index (χ3n) is 4.91. The van der Waals surface area contributed by atoms with Gasteiger partial charge in [0.1, 0.15) is 17.3 Å². The van der Waals surface area contributed by atoms with Crippen LogP contribution in [0.4, 0.5) is 14.5 Å². The molecule has 0 radical (unpaired) electrons. The Morgan fingerprint density at radius 2 is 1.83 bits per heavy atom. The van der Waals surface area contributed by atoms with Crippen LogP contribution in [0.1, 0.15) is 12.0 Å². The number of hydrogen-bond acceptors (Lipinski definition) is 4. The Kier molecular flexibility index (Phi) is 8.94. The monoisotopic (exact) mass is 532 g/mol. The van der Waals surface area contributed by atoms with E-state index in [-0.39, 0.29) is 35.7 Å². The second-order valence-corrected chi connectivity index (χ2v) is 6.76. The zero-order chi connectivity index (χ0) is 20.8. The van der Waals surface area contributed by atoms with Gasteiger partial charge in [0.2, 0.25) is 0 Å². The fraction of sp³-hybridized carbons (Fsp3) is 0.381. The highest BCUT2D eigenvalue weighted by molar-refractivity contribution is 14.0.